The first-order valence-electron chi connectivity index (χ1n) is 7.61. The van der Waals surface area contributed by atoms with E-state index in [0.29, 0.717) is 5.69 Å². The van der Waals surface area contributed by atoms with Crippen LogP contribution in [-0.2, 0) is 27.8 Å². The molecule has 0 saturated carbocycles. The van der Waals surface area contributed by atoms with Gasteiger partial charge in [-0.3, -0.25) is 9.78 Å². The minimum atomic E-state index is -3.51. The van der Waals surface area contributed by atoms with Gasteiger partial charge in [0.25, 0.3) is 0 Å². The minimum Gasteiger partial charge on any atom is -0.325 e. The molecule has 2 rings (SSSR count). The Kier molecular flexibility index (Phi) is 6.05. The molecular formula is C17H21N3O3S. The molecule has 128 valence electrons. The number of hydrogen-bond donors (Lipinski definition) is 1. The highest BCUT2D eigenvalue weighted by Crippen LogP contribution is 2.11. The Balaban J connectivity index is 2.04. The third-order valence-corrected chi connectivity index (χ3v) is 4.74. The van der Waals surface area contributed by atoms with Gasteiger partial charge in [0.15, 0.2) is 0 Å². The van der Waals surface area contributed by atoms with E-state index in [2.05, 4.69) is 17.2 Å². The molecule has 1 heterocycles. The molecule has 0 bridgehead atoms. The van der Waals surface area contributed by atoms with Crippen molar-refractivity contribution in [1.82, 2.24) is 9.29 Å². The summed E-state index contributed by atoms with van der Waals surface area (Å²) < 4.78 is 25.0. The average molecular weight is 347 g/mol. The first-order valence-corrected chi connectivity index (χ1v) is 9.46. The maximum atomic E-state index is 12.2. The molecule has 0 radical (unpaired) electrons. The molecule has 0 aliphatic carbocycles. The summed E-state index contributed by atoms with van der Waals surface area (Å²) in [6.07, 6.45) is 5.19. The molecule has 1 aromatic carbocycles. The van der Waals surface area contributed by atoms with Crippen LogP contribution < -0.4 is 5.32 Å². The van der Waals surface area contributed by atoms with Crippen LogP contribution in [0.5, 0.6) is 0 Å². The Hall–Kier alpha value is -2.25. The first-order chi connectivity index (χ1) is 11.4. The van der Waals surface area contributed by atoms with Gasteiger partial charge < -0.3 is 5.32 Å². The van der Waals surface area contributed by atoms with Gasteiger partial charge >= 0.3 is 0 Å². The molecule has 6 nitrogen and oxygen atoms in total. The van der Waals surface area contributed by atoms with Crippen LogP contribution in [0, 0.1) is 0 Å². The molecule has 0 aliphatic heterocycles. The van der Waals surface area contributed by atoms with E-state index in [4.69, 9.17) is 0 Å². The fourth-order valence-corrected chi connectivity index (χ4v) is 2.90. The smallest absolute Gasteiger partial charge is 0.239 e. The monoisotopic (exact) mass is 347 g/mol. The van der Waals surface area contributed by atoms with E-state index in [1.165, 1.54) is 5.56 Å². The Labute approximate surface area is 142 Å². The second kappa shape index (κ2) is 8.03. The second-order valence-corrected chi connectivity index (χ2v) is 7.47. The summed E-state index contributed by atoms with van der Waals surface area (Å²) in [6.45, 7) is 1.94. The third kappa shape index (κ3) is 5.43. The van der Waals surface area contributed by atoms with Crippen LogP contribution in [0.25, 0.3) is 0 Å². The van der Waals surface area contributed by atoms with E-state index in [0.717, 1.165) is 22.5 Å². The number of carbonyl (C=O) groups excluding carboxylic acids is 1. The number of carbonyl (C=O) groups is 1. The number of benzene rings is 1. The van der Waals surface area contributed by atoms with Gasteiger partial charge in [0, 0.05) is 24.6 Å². The highest BCUT2D eigenvalue weighted by Gasteiger charge is 2.20. The maximum absolute atomic E-state index is 12.2. The number of amides is 1. The molecule has 1 amide bonds. The summed E-state index contributed by atoms with van der Waals surface area (Å²) in [6, 6.07) is 10.9. The van der Waals surface area contributed by atoms with Crippen molar-refractivity contribution >= 4 is 21.6 Å². The fraction of sp³-hybridized carbons (Fsp3) is 0.294. The average Bonchev–Trinajstić information content (AvgIpc) is 2.55. The van der Waals surface area contributed by atoms with Crippen LogP contribution in [0.1, 0.15) is 18.1 Å². The van der Waals surface area contributed by atoms with Gasteiger partial charge in [-0.05, 0) is 41.8 Å². The summed E-state index contributed by atoms with van der Waals surface area (Å²) in [5.41, 5.74) is 2.59. The zero-order valence-corrected chi connectivity index (χ0v) is 14.6. The second-order valence-electron chi connectivity index (χ2n) is 5.49. The van der Waals surface area contributed by atoms with Gasteiger partial charge in [-0.25, -0.2) is 8.42 Å². The lowest BCUT2D eigenvalue weighted by Gasteiger charge is -2.19. The summed E-state index contributed by atoms with van der Waals surface area (Å²) in [4.78, 5) is 16.1. The van der Waals surface area contributed by atoms with Crippen LogP contribution in [-0.4, -0.2) is 36.4 Å². The lowest BCUT2D eigenvalue weighted by Crippen LogP contribution is -2.36. The van der Waals surface area contributed by atoms with Gasteiger partial charge in [0.2, 0.25) is 15.9 Å². The van der Waals surface area contributed by atoms with Crippen molar-refractivity contribution in [1.29, 1.82) is 0 Å². The number of aryl methyl sites for hydroxylation is 1. The normalized spacial score (nSPS) is 11.5. The zero-order chi connectivity index (χ0) is 17.6. The van der Waals surface area contributed by atoms with Crippen LogP contribution in [0.15, 0.2) is 48.8 Å². The van der Waals surface area contributed by atoms with E-state index in [1.54, 1.807) is 24.5 Å². The van der Waals surface area contributed by atoms with Crippen molar-refractivity contribution in [3.8, 4) is 0 Å². The Morgan fingerprint density at radius 3 is 2.25 bits per heavy atom. The van der Waals surface area contributed by atoms with Crippen LogP contribution in [0.4, 0.5) is 5.69 Å². The summed E-state index contributed by atoms with van der Waals surface area (Å²) >= 11 is 0. The summed E-state index contributed by atoms with van der Waals surface area (Å²) in [7, 11) is -3.51. The van der Waals surface area contributed by atoms with Crippen LogP contribution in [0.2, 0.25) is 0 Å². The molecule has 0 saturated heterocycles. The van der Waals surface area contributed by atoms with E-state index in [1.807, 2.05) is 24.3 Å². The molecule has 1 N–H and O–H groups in total. The number of nitrogens with zero attached hydrogens (tertiary/aromatic N) is 2. The fourth-order valence-electron chi connectivity index (χ4n) is 2.17. The number of pyridine rings is 1. The van der Waals surface area contributed by atoms with Crippen molar-refractivity contribution < 1.29 is 13.2 Å². The SMILES string of the molecule is CCc1ccc(NC(=O)CN(Cc2ccncc2)S(C)(=O)=O)cc1. The molecule has 0 unspecified atom stereocenters. The van der Waals surface area contributed by atoms with Crippen LogP contribution >= 0.6 is 0 Å². The molecule has 1 aromatic heterocycles. The molecule has 0 fully saturated rings. The number of sulfonamides is 1. The topological polar surface area (TPSA) is 79.4 Å². The van der Waals surface area contributed by atoms with Crippen molar-refractivity contribution in [2.24, 2.45) is 0 Å². The van der Waals surface area contributed by atoms with Gasteiger partial charge in [0.05, 0.1) is 12.8 Å². The molecule has 24 heavy (non-hydrogen) atoms. The van der Waals surface area contributed by atoms with Gasteiger partial charge in [-0.15, -0.1) is 0 Å². The van der Waals surface area contributed by atoms with Crippen molar-refractivity contribution in [2.45, 2.75) is 19.9 Å². The number of anilines is 1. The van der Waals surface area contributed by atoms with E-state index in [-0.39, 0.29) is 19.0 Å². The van der Waals surface area contributed by atoms with E-state index in [9.17, 15) is 13.2 Å². The molecular weight excluding hydrogens is 326 g/mol. The molecule has 7 heteroatoms. The molecule has 0 atom stereocenters. The highest BCUT2D eigenvalue weighted by atomic mass is 32.2. The highest BCUT2D eigenvalue weighted by molar-refractivity contribution is 7.88. The lowest BCUT2D eigenvalue weighted by atomic mass is 10.1. The maximum Gasteiger partial charge on any atom is 0.239 e. The summed E-state index contributed by atoms with van der Waals surface area (Å²) in [5.74, 6) is -0.376. The number of hydrogen-bond acceptors (Lipinski definition) is 4. The van der Waals surface area contributed by atoms with E-state index >= 15 is 0 Å². The molecule has 0 spiro atoms. The minimum absolute atomic E-state index is 0.129. The Morgan fingerprint density at radius 1 is 1.08 bits per heavy atom. The predicted molar refractivity (Wildman–Crippen MR) is 93.9 cm³/mol. The standard InChI is InChI=1S/C17H21N3O3S/c1-3-14-4-6-16(7-5-14)19-17(21)13-20(24(2,22)23)12-15-8-10-18-11-9-15/h4-11H,3,12-13H2,1-2H3,(H,19,21). The van der Waals surface area contributed by atoms with Gasteiger partial charge in [0.1, 0.15) is 0 Å². The van der Waals surface area contributed by atoms with Gasteiger partial charge in [-0.2, -0.15) is 4.31 Å². The summed E-state index contributed by atoms with van der Waals surface area (Å²) in [5, 5.41) is 2.72. The van der Waals surface area contributed by atoms with Crippen LogP contribution in [0.3, 0.4) is 0 Å². The Morgan fingerprint density at radius 2 is 1.71 bits per heavy atom. The number of aromatic nitrogens is 1. The molecule has 0 aliphatic rings. The number of rotatable bonds is 7. The van der Waals surface area contributed by atoms with E-state index < -0.39 is 10.0 Å². The lowest BCUT2D eigenvalue weighted by molar-refractivity contribution is -0.116. The zero-order valence-electron chi connectivity index (χ0n) is 13.8. The van der Waals surface area contributed by atoms with Crippen molar-refractivity contribution in [3.63, 3.8) is 0 Å². The largest absolute Gasteiger partial charge is 0.325 e. The molecule has 2 aromatic rings. The van der Waals surface area contributed by atoms with Crippen molar-refractivity contribution in [2.75, 3.05) is 18.1 Å². The third-order valence-electron chi connectivity index (χ3n) is 3.54. The van der Waals surface area contributed by atoms with Crippen molar-refractivity contribution in [3.05, 3.63) is 59.9 Å². The number of nitrogens with one attached hydrogen (secondary N) is 1. The van der Waals surface area contributed by atoms with Gasteiger partial charge in [-0.1, -0.05) is 19.1 Å². The first kappa shape index (κ1) is 18.1. The quantitative estimate of drug-likeness (QED) is 0.831. The predicted octanol–water partition coefficient (Wildman–Crippen LogP) is 2.04. The Bertz CT molecular complexity index is 774.